The molecule has 0 aliphatic carbocycles. The molecule has 3 aromatic rings. The van der Waals surface area contributed by atoms with Crippen molar-refractivity contribution in [1.29, 1.82) is 0 Å². The van der Waals surface area contributed by atoms with Gasteiger partial charge in [-0.1, -0.05) is 18.2 Å². The number of aromatic hydroxyl groups is 1. The molecule has 2 heterocycles. The molecule has 0 bridgehead atoms. The summed E-state index contributed by atoms with van der Waals surface area (Å²) in [5, 5.41) is 11.0. The number of halogens is 1. The predicted molar refractivity (Wildman–Crippen MR) is 134 cm³/mol. The number of aryl methyl sites for hydroxylation is 1. The number of pyridine rings is 1. The molecule has 7 nitrogen and oxygen atoms in total. The summed E-state index contributed by atoms with van der Waals surface area (Å²) in [4.78, 5) is 17.7. The summed E-state index contributed by atoms with van der Waals surface area (Å²) in [6.45, 7) is 6.54. The van der Waals surface area contributed by atoms with E-state index in [1.807, 2.05) is 36.9 Å². The molecular formula is C27H32FN3O4. The van der Waals surface area contributed by atoms with Gasteiger partial charge in [0.2, 0.25) is 0 Å². The number of rotatable bonds is 7. The van der Waals surface area contributed by atoms with Crippen LogP contribution >= 0.6 is 0 Å². The molecule has 0 saturated carbocycles. The molecule has 186 valence electrons. The highest BCUT2D eigenvalue weighted by molar-refractivity contribution is 5.50. The fraction of sp³-hybridized carbons (Fsp3) is 0.370. The van der Waals surface area contributed by atoms with Crippen molar-refractivity contribution in [2.24, 2.45) is 0 Å². The van der Waals surface area contributed by atoms with Gasteiger partial charge in [0.05, 0.1) is 31.5 Å². The summed E-state index contributed by atoms with van der Waals surface area (Å²) in [5.74, 6) is 0.841. The van der Waals surface area contributed by atoms with E-state index in [1.54, 1.807) is 43.1 Å². The maximum atomic E-state index is 14.4. The molecule has 2 aromatic carbocycles. The molecule has 4 rings (SSSR count). The highest BCUT2D eigenvalue weighted by atomic mass is 19.1. The number of aromatic nitrogens is 1. The van der Waals surface area contributed by atoms with Gasteiger partial charge in [0.25, 0.3) is 5.56 Å². The zero-order valence-electron chi connectivity index (χ0n) is 20.6. The molecule has 0 radical (unpaired) electrons. The average molecular weight is 482 g/mol. The van der Waals surface area contributed by atoms with E-state index in [0.29, 0.717) is 61.2 Å². The van der Waals surface area contributed by atoms with Crippen molar-refractivity contribution in [2.45, 2.75) is 26.4 Å². The van der Waals surface area contributed by atoms with Crippen molar-refractivity contribution >= 4 is 5.69 Å². The molecular weight excluding hydrogens is 449 g/mol. The van der Waals surface area contributed by atoms with Crippen LogP contribution in [0.25, 0.3) is 0 Å². The molecule has 1 atom stereocenters. The van der Waals surface area contributed by atoms with Crippen LogP contribution in [0.4, 0.5) is 10.1 Å². The number of nitrogens with zero attached hydrogens (tertiary/aromatic N) is 3. The molecule has 1 aliphatic heterocycles. The van der Waals surface area contributed by atoms with E-state index in [1.165, 1.54) is 6.07 Å². The maximum Gasteiger partial charge on any atom is 0.259 e. The molecule has 0 amide bonds. The maximum absolute atomic E-state index is 14.4. The van der Waals surface area contributed by atoms with E-state index in [-0.39, 0.29) is 17.1 Å². The minimum Gasteiger partial charge on any atom is -0.507 e. The third-order valence-electron chi connectivity index (χ3n) is 6.71. The van der Waals surface area contributed by atoms with Gasteiger partial charge in [-0.3, -0.25) is 9.69 Å². The molecule has 1 aliphatic rings. The molecule has 0 unspecified atom stereocenters. The zero-order valence-corrected chi connectivity index (χ0v) is 20.6. The van der Waals surface area contributed by atoms with Crippen LogP contribution in [0.2, 0.25) is 0 Å². The number of piperazine rings is 1. The van der Waals surface area contributed by atoms with E-state index in [4.69, 9.17) is 9.47 Å². The number of para-hydroxylation sites is 1. The lowest BCUT2D eigenvalue weighted by Gasteiger charge is -2.40. The number of methoxy groups -OCH3 is 2. The van der Waals surface area contributed by atoms with Crippen LogP contribution in [0, 0.1) is 12.7 Å². The Morgan fingerprint density at radius 1 is 1.00 bits per heavy atom. The van der Waals surface area contributed by atoms with Crippen molar-refractivity contribution < 1.29 is 19.0 Å². The Morgan fingerprint density at radius 2 is 1.69 bits per heavy atom. The van der Waals surface area contributed by atoms with E-state index in [9.17, 15) is 14.3 Å². The summed E-state index contributed by atoms with van der Waals surface area (Å²) in [6.07, 6.45) is 0. The zero-order chi connectivity index (χ0) is 25.1. The van der Waals surface area contributed by atoms with Crippen LogP contribution in [0.15, 0.2) is 53.3 Å². The second-order valence-corrected chi connectivity index (χ2v) is 8.63. The Bertz CT molecular complexity index is 1250. The SMILES string of the molecule is CCn1c(C)cc(O)c([C@@H](c2ccc(OC)c(OC)c2)N2CCN(c3ccccc3F)CC2)c1=O. The van der Waals surface area contributed by atoms with E-state index in [0.717, 1.165) is 5.56 Å². The van der Waals surface area contributed by atoms with Gasteiger partial charge in [-0.25, -0.2) is 4.39 Å². The fourth-order valence-electron chi connectivity index (χ4n) is 4.93. The summed E-state index contributed by atoms with van der Waals surface area (Å²) >= 11 is 0. The summed E-state index contributed by atoms with van der Waals surface area (Å²) in [7, 11) is 3.14. The lowest BCUT2D eigenvalue weighted by molar-refractivity contribution is 0.206. The van der Waals surface area contributed by atoms with Crippen LogP contribution in [0.1, 0.15) is 29.8 Å². The number of hydrogen-bond donors (Lipinski definition) is 1. The molecule has 1 aromatic heterocycles. The number of ether oxygens (including phenoxy) is 2. The van der Waals surface area contributed by atoms with Gasteiger partial charge in [-0.2, -0.15) is 0 Å². The minimum absolute atomic E-state index is 0.0338. The molecule has 0 spiro atoms. The topological polar surface area (TPSA) is 67.2 Å². The quantitative estimate of drug-likeness (QED) is 0.551. The number of anilines is 1. The van der Waals surface area contributed by atoms with Crippen molar-refractivity contribution in [3.63, 3.8) is 0 Å². The molecule has 8 heteroatoms. The Labute approximate surface area is 204 Å². The first kappa shape index (κ1) is 24.6. The fourth-order valence-corrected chi connectivity index (χ4v) is 4.93. The standard InChI is InChI=1S/C27H32FN3O4/c1-5-31-18(2)16-22(32)25(27(31)33)26(19-10-11-23(34-3)24(17-19)35-4)30-14-12-29(13-15-30)21-9-7-6-8-20(21)28/h6-11,16-17,26,32H,5,12-15H2,1-4H3/t26-/m1/s1. The Balaban J connectivity index is 1.77. The van der Waals surface area contributed by atoms with E-state index in [2.05, 4.69) is 4.90 Å². The lowest BCUT2D eigenvalue weighted by atomic mass is 9.95. The molecule has 1 N–H and O–H groups in total. The predicted octanol–water partition coefficient (Wildman–Crippen LogP) is 3.95. The highest BCUT2D eigenvalue weighted by Crippen LogP contribution is 2.38. The summed E-state index contributed by atoms with van der Waals surface area (Å²) in [5.41, 5.74) is 2.18. The largest absolute Gasteiger partial charge is 0.507 e. The first-order valence-electron chi connectivity index (χ1n) is 11.8. The normalized spacial score (nSPS) is 15.2. The van der Waals surface area contributed by atoms with Gasteiger partial charge in [-0.05, 0) is 49.7 Å². The van der Waals surface area contributed by atoms with Crippen LogP contribution in [-0.4, -0.2) is 55.0 Å². The Kier molecular flexibility index (Phi) is 7.31. The molecule has 1 fully saturated rings. The Hall–Kier alpha value is -3.52. The van der Waals surface area contributed by atoms with Gasteiger partial charge in [0.15, 0.2) is 11.5 Å². The number of benzene rings is 2. The van der Waals surface area contributed by atoms with Crippen molar-refractivity contribution in [3.8, 4) is 17.2 Å². The first-order valence-corrected chi connectivity index (χ1v) is 11.8. The highest BCUT2D eigenvalue weighted by Gasteiger charge is 2.32. The minimum atomic E-state index is -0.511. The number of hydrogen-bond acceptors (Lipinski definition) is 6. The van der Waals surface area contributed by atoms with Crippen LogP contribution < -0.4 is 19.9 Å². The summed E-state index contributed by atoms with van der Waals surface area (Å²) in [6, 6.07) is 13.4. The lowest BCUT2D eigenvalue weighted by Crippen LogP contribution is -2.49. The molecule has 1 saturated heterocycles. The van der Waals surface area contributed by atoms with E-state index >= 15 is 0 Å². The van der Waals surface area contributed by atoms with Gasteiger partial charge in [-0.15, -0.1) is 0 Å². The Morgan fingerprint density at radius 3 is 2.31 bits per heavy atom. The molecule has 35 heavy (non-hydrogen) atoms. The van der Waals surface area contributed by atoms with Gasteiger partial charge >= 0.3 is 0 Å². The van der Waals surface area contributed by atoms with Crippen LogP contribution in [-0.2, 0) is 6.54 Å². The third-order valence-corrected chi connectivity index (χ3v) is 6.71. The second kappa shape index (κ2) is 10.4. The smallest absolute Gasteiger partial charge is 0.259 e. The van der Waals surface area contributed by atoms with Gasteiger partial charge in [0.1, 0.15) is 11.6 Å². The van der Waals surface area contributed by atoms with E-state index < -0.39 is 6.04 Å². The van der Waals surface area contributed by atoms with Crippen molar-refractivity contribution in [1.82, 2.24) is 9.47 Å². The average Bonchev–Trinajstić information content (AvgIpc) is 2.87. The van der Waals surface area contributed by atoms with Crippen LogP contribution in [0.3, 0.4) is 0 Å². The first-order chi connectivity index (χ1) is 16.9. The van der Waals surface area contributed by atoms with Gasteiger partial charge in [0, 0.05) is 38.4 Å². The second-order valence-electron chi connectivity index (χ2n) is 8.63. The summed E-state index contributed by atoms with van der Waals surface area (Å²) < 4.78 is 27.0. The monoisotopic (exact) mass is 481 g/mol. The van der Waals surface area contributed by atoms with Crippen LogP contribution in [0.5, 0.6) is 17.2 Å². The third kappa shape index (κ3) is 4.71. The van der Waals surface area contributed by atoms with Crippen molar-refractivity contribution in [3.05, 3.63) is 81.5 Å². The van der Waals surface area contributed by atoms with Gasteiger partial charge < -0.3 is 24.0 Å². The van der Waals surface area contributed by atoms with Crippen molar-refractivity contribution in [2.75, 3.05) is 45.3 Å².